The van der Waals surface area contributed by atoms with Crippen LogP contribution in [0.2, 0.25) is 10.2 Å². The first-order chi connectivity index (χ1) is 12.1. The summed E-state index contributed by atoms with van der Waals surface area (Å²) < 4.78 is 38.7. The van der Waals surface area contributed by atoms with E-state index in [1.165, 1.54) is 0 Å². The van der Waals surface area contributed by atoms with Crippen LogP contribution in [-0.4, -0.2) is 26.0 Å². The molecule has 0 aliphatic heterocycles. The van der Waals surface area contributed by atoms with E-state index < -0.39 is 17.8 Å². The van der Waals surface area contributed by atoms with Gasteiger partial charge in [0.15, 0.2) is 0 Å². The van der Waals surface area contributed by atoms with Gasteiger partial charge in [0, 0.05) is 29.3 Å². The average molecular weight is 404 g/mol. The van der Waals surface area contributed by atoms with Crippen molar-refractivity contribution in [2.75, 3.05) is 0 Å². The highest BCUT2D eigenvalue weighted by Gasteiger charge is 2.33. The third kappa shape index (κ3) is 3.34. The molecule has 0 unspecified atom stereocenters. The topological polar surface area (TPSA) is 78.9 Å². The van der Waals surface area contributed by atoms with Crippen molar-refractivity contribution in [3.05, 3.63) is 56.6 Å². The molecule has 0 aliphatic carbocycles. The molecule has 0 aliphatic rings. The van der Waals surface area contributed by atoms with Gasteiger partial charge in [-0.1, -0.05) is 23.2 Å². The lowest BCUT2D eigenvalue weighted by Gasteiger charge is -2.07. The number of aromatic amines is 1. The number of aryl methyl sites for hydroxylation is 1. The van der Waals surface area contributed by atoms with E-state index in [-0.39, 0.29) is 33.4 Å². The summed E-state index contributed by atoms with van der Waals surface area (Å²) in [5.41, 5.74) is -0.00440. The molecule has 26 heavy (non-hydrogen) atoms. The summed E-state index contributed by atoms with van der Waals surface area (Å²) in [6.07, 6.45) is -3.46. The Hall–Kier alpha value is -2.32. The molecule has 0 atom stereocenters. The summed E-state index contributed by atoms with van der Waals surface area (Å²) in [5.74, 6) is -1.26. The van der Waals surface area contributed by atoms with Crippen molar-refractivity contribution in [3.63, 3.8) is 0 Å². The minimum Gasteiger partial charge on any atom is -0.478 e. The first-order valence-electron chi connectivity index (χ1n) is 7.20. The molecule has 0 aromatic carbocycles. The van der Waals surface area contributed by atoms with Crippen LogP contribution in [0.3, 0.4) is 0 Å². The molecule has 10 heteroatoms. The number of pyridine rings is 2. The van der Waals surface area contributed by atoms with E-state index in [2.05, 4.69) is 15.0 Å². The third-order valence-electron chi connectivity index (χ3n) is 3.81. The number of rotatable bonds is 3. The Morgan fingerprint density at radius 1 is 1.31 bits per heavy atom. The second kappa shape index (κ2) is 6.44. The van der Waals surface area contributed by atoms with Crippen LogP contribution in [0.4, 0.5) is 13.2 Å². The Kier molecular flexibility index (Phi) is 4.58. The largest absolute Gasteiger partial charge is 0.478 e. The Morgan fingerprint density at radius 3 is 2.62 bits per heavy atom. The predicted molar refractivity (Wildman–Crippen MR) is 89.9 cm³/mol. The average Bonchev–Trinajstić information content (AvgIpc) is 2.93. The van der Waals surface area contributed by atoms with Gasteiger partial charge in [-0.05, 0) is 24.6 Å². The maximum atomic E-state index is 12.9. The van der Waals surface area contributed by atoms with Gasteiger partial charge in [-0.25, -0.2) is 14.8 Å². The van der Waals surface area contributed by atoms with E-state index in [1.807, 2.05) is 0 Å². The fourth-order valence-electron chi connectivity index (χ4n) is 2.56. The van der Waals surface area contributed by atoms with Crippen LogP contribution < -0.4 is 0 Å². The number of alkyl halides is 3. The van der Waals surface area contributed by atoms with Gasteiger partial charge >= 0.3 is 12.1 Å². The Morgan fingerprint density at radius 2 is 2.00 bits per heavy atom. The lowest BCUT2D eigenvalue weighted by molar-refractivity contribution is -0.141. The number of H-pyrrole nitrogens is 1. The van der Waals surface area contributed by atoms with Crippen LogP contribution >= 0.6 is 23.2 Å². The van der Waals surface area contributed by atoms with Crippen molar-refractivity contribution >= 4 is 40.2 Å². The summed E-state index contributed by atoms with van der Waals surface area (Å²) >= 11 is 12.1. The molecule has 0 radical (unpaired) electrons. The number of hydrogen-bond acceptors (Lipinski definition) is 3. The zero-order valence-corrected chi connectivity index (χ0v) is 14.6. The quantitative estimate of drug-likeness (QED) is 0.610. The lowest BCUT2D eigenvalue weighted by Crippen LogP contribution is -2.08. The SMILES string of the molecule is Cc1cc(C(F)(F)F)nc2[nH]c(Cc3c(Cl)ncc(C(=O)O)c3Cl)cc12. The van der Waals surface area contributed by atoms with Gasteiger partial charge < -0.3 is 10.1 Å². The van der Waals surface area contributed by atoms with Gasteiger partial charge in [0.1, 0.15) is 16.5 Å². The van der Waals surface area contributed by atoms with Gasteiger partial charge in [0.2, 0.25) is 0 Å². The number of fused-ring (bicyclic) bond motifs is 1. The zero-order valence-electron chi connectivity index (χ0n) is 13.1. The molecule has 0 amide bonds. The van der Waals surface area contributed by atoms with Gasteiger partial charge in [-0.3, -0.25) is 0 Å². The number of nitrogens with one attached hydrogen (secondary N) is 1. The summed E-state index contributed by atoms with van der Waals surface area (Å²) in [4.78, 5) is 21.4. The number of aromatic nitrogens is 3. The molecule has 2 N–H and O–H groups in total. The van der Waals surface area contributed by atoms with Gasteiger partial charge in [-0.2, -0.15) is 13.2 Å². The van der Waals surface area contributed by atoms with Crippen molar-refractivity contribution in [3.8, 4) is 0 Å². The fourth-order valence-corrected chi connectivity index (χ4v) is 3.11. The number of aromatic carboxylic acids is 1. The van der Waals surface area contributed by atoms with E-state index in [1.54, 1.807) is 13.0 Å². The molecular formula is C16H10Cl2F3N3O2. The van der Waals surface area contributed by atoms with Crippen molar-refractivity contribution in [1.82, 2.24) is 15.0 Å². The number of carbonyl (C=O) groups is 1. The standard InChI is InChI=1S/C16H10Cl2F3N3O2/c1-6-2-11(16(19,20)21)24-14-8(6)3-7(23-14)4-9-12(17)10(15(25)26)5-22-13(9)18/h2-3,5H,4H2,1H3,(H,23,24)(H,25,26). The molecule has 0 saturated heterocycles. The molecule has 0 fully saturated rings. The van der Waals surface area contributed by atoms with E-state index in [9.17, 15) is 18.0 Å². The minimum absolute atomic E-state index is 0.0133. The monoisotopic (exact) mass is 403 g/mol. The molecule has 5 nitrogen and oxygen atoms in total. The molecule has 0 spiro atoms. The highest BCUT2D eigenvalue weighted by molar-refractivity contribution is 6.37. The van der Waals surface area contributed by atoms with E-state index in [0.29, 0.717) is 16.6 Å². The van der Waals surface area contributed by atoms with Crippen molar-refractivity contribution in [1.29, 1.82) is 0 Å². The van der Waals surface area contributed by atoms with Crippen LogP contribution in [0, 0.1) is 6.92 Å². The highest BCUT2D eigenvalue weighted by Crippen LogP contribution is 2.32. The van der Waals surface area contributed by atoms with Gasteiger partial charge in [0.05, 0.1) is 10.6 Å². The smallest absolute Gasteiger partial charge is 0.433 e. The summed E-state index contributed by atoms with van der Waals surface area (Å²) in [7, 11) is 0. The Balaban J connectivity index is 2.07. The summed E-state index contributed by atoms with van der Waals surface area (Å²) in [6, 6.07) is 2.59. The molecule has 0 bridgehead atoms. The van der Waals surface area contributed by atoms with Crippen LogP contribution in [0.5, 0.6) is 0 Å². The first-order valence-corrected chi connectivity index (χ1v) is 7.96. The van der Waals surface area contributed by atoms with Crippen LogP contribution in [0.25, 0.3) is 11.0 Å². The number of hydrogen-bond donors (Lipinski definition) is 2. The Labute approximate surface area is 154 Å². The normalized spacial score (nSPS) is 11.9. The van der Waals surface area contributed by atoms with Crippen LogP contribution in [0.1, 0.15) is 32.9 Å². The highest BCUT2D eigenvalue weighted by atomic mass is 35.5. The molecule has 3 aromatic heterocycles. The van der Waals surface area contributed by atoms with Crippen molar-refractivity contribution in [2.45, 2.75) is 19.5 Å². The second-order valence-electron chi connectivity index (χ2n) is 5.62. The molecule has 3 rings (SSSR count). The summed E-state index contributed by atoms with van der Waals surface area (Å²) in [6.45, 7) is 1.55. The number of carboxylic acid groups (broad SMARTS) is 1. The molecule has 3 aromatic rings. The Bertz CT molecular complexity index is 1030. The molecule has 3 heterocycles. The summed E-state index contributed by atoms with van der Waals surface area (Å²) in [5, 5.41) is 9.57. The molecular weight excluding hydrogens is 394 g/mol. The van der Waals surface area contributed by atoms with Crippen LogP contribution in [-0.2, 0) is 12.6 Å². The maximum Gasteiger partial charge on any atom is 0.433 e. The lowest BCUT2D eigenvalue weighted by atomic mass is 10.1. The maximum absolute atomic E-state index is 12.9. The third-order valence-corrected chi connectivity index (χ3v) is 4.57. The van der Waals surface area contributed by atoms with Crippen molar-refractivity contribution < 1.29 is 23.1 Å². The van der Waals surface area contributed by atoms with E-state index >= 15 is 0 Å². The molecule has 136 valence electrons. The minimum atomic E-state index is -4.56. The fraction of sp³-hybridized carbons (Fsp3) is 0.188. The van der Waals surface area contributed by atoms with E-state index in [4.69, 9.17) is 28.3 Å². The number of nitrogens with zero attached hydrogens (tertiary/aromatic N) is 2. The number of halogens is 5. The van der Waals surface area contributed by atoms with Crippen LogP contribution in [0.15, 0.2) is 18.3 Å². The van der Waals surface area contributed by atoms with Gasteiger partial charge in [0.25, 0.3) is 0 Å². The predicted octanol–water partition coefficient (Wildman–Crippen LogP) is 4.88. The van der Waals surface area contributed by atoms with Gasteiger partial charge in [-0.15, -0.1) is 0 Å². The number of carboxylic acids is 1. The second-order valence-corrected chi connectivity index (χ2v) is 6.35. The van der Waals surface area contributed by atoms with E-state index in [0.717, 1.165) is 12.3 Å². The zero-order chi connectivity index (χ0) is 19.2. The van der Waals surface area contributed by atoms with Crippen molar-refractivity contribution in [2.24, 2.45) is 0 Å². The first kappa shape index (κ1) is 18.5. The molecule has 0 saturated carbocycles.